The van der Waals surface area contributed by atoms with Crippen LogP contribution in [0.4, 0.5) is 4.39 Å². The summed E-state index contributed by atoms with van der Waals surface area (Å²) in [6, 6.07) is 5.01. The maximum absolute atomic E-state index is 13.7. The zero-order valence-corrected chi connectivity index (χ0v) is 8.26. The molecule has 1 aromatic heterocycles. The summed E-state index contributed by atoms with van der Waals surface area (Å²) in [5, 5.41) is 9.98. The summed E-state index contributed by atoms with van der Waals surface area (Å²) in [7, 11) is 0. The molecule has 0 radical (unpaired) electrons. The minimum Gasteiger partial charge on any atom is -0.395 e. The van der Waals surface area contributed by atoms with Crippen molar-refractivity contribution in [2.75, 3.05) is 6.61 Å². The fraction of sp³-hybridized carbons (Fsp3) is 0.333. The largest absolute Gasteiger partial charge is 0.395 e. The van der Waals surface area contributed by atoms with Gasteiger partial charge < -0.3 is 10.1 Å². The Morgan fingerprint density at radius 2 is 2.20 bits per heavy atom. The molecular weight excluding hydrogens is 193 g/mol. The normalized spacial score (nSPS) is 18.3. The van der Waals surface area contributed by atoms with Crippen LogP contribution in [0.5, 0.6) is 0 Å². The van der Waals surface area contributed by atoms with E-state index >= 15 is 0 Å². The lowest BCUT2D eigenvalue weighted by Crippen LogP contribution is -2.11. The van der Waals surface area contributed by atoms with E-state index in [0.717, 1.165) is 23.9 Å². The van der Waals surface area contributed by atoms with Crippen LogP contribution in [-0.2, 0) is 5.41 Å². The molecule has 1 aromatic carbocycles. The molecule has 3 heteroatoms. The summed E-state index contributed by atoms with van der Waals surface area (Å²) in [4.78, 5) is 3.06. The summed E-state index contributed by atoms with van der Waals surface area (Å²) < 4.78 is 13.7. The van der Waals surface area contributed by atoms with E-state index in [0.29, 0.717) is 5.39 Å². The van der Waals surface area contributed by atoms with E-state index in [2.05, 4.69) is 4.98 Å². The van der Waals surface area contributed by atoms with E-state index in [1.807, 2.05) is 12.3 Å². The monoisotopic (exact) mass is 205 g/mol. The van der Waals surface area contributed by atoms with Crippen LogP contribution in [0.1, 0.15) is 18.4 Å². The molecular formula is C12H12FNO. The van der Waals surface area contributed by atoms with E-state index in [9.17, 15) is 9.50 Å². The summed E-state index contributed by atoms with van der Waals surface area (Å²) >= 11 is 0. The molecule has 1 aliphatic carbocycles. The standard InChI is InChI=1S/C12H12FNO/c13-9-2-1-3-10-11(9)8(6-14-10)12(7-15)4-5-12/h1-3,6,14-15H,4-5,7H2. The Hall–Kier alpha value is -1.35. The average Bonchev–Trinajstić information content (AvgIpc) is 2.92. The molecule has 2 aromatic rings. The van der Waals surface area contributed by atoms with Crippen molar-refractivity contribution in [1.82, 2.24) is 4.98 Å². The van der Waals surface area contributed by atoms with Gasteiger partial charge in [-0.2, -0.15) is 0 Å². The van der Waals surface area contributed by atoms with Gasteiger partial charge in [0.15, 0.2) is 0 Å². The molecule has 0 amide bonds. The number of hydrogen-bond donors (Lipinski definition) is 2. The Kier molecular flexibility index (Phi) is 1.68. The fourth-order valence-electron chi connectivity index (χ4n) is 2.22. The average molecular weight is 205 g/mol. The molecule has 78 valence electrons. The maximum Gasteiger partial charge on any atom is 0.132 e. The van der Waals surface area contributed by atoms with E-state index in [-0.39, 0.29) is 17.8 Å². The van der Waals surface area contributed by atoms with Crippen LogP contribution in [0.25, 0.3) is 10.9 Å². The topological polar surface area (TPSA) is 36.0 Å². The van der Waals surface area contributed by atoms with Gasteiger partial charge in [-0.05, 0) is 30.5 Å². The molecule has 0 atom stereocenters. The number of aromatic nitrogens is 1. The highest BCUT2D eigenvalue weighted by Gasteiger charge is 2.45. The first kappa shape index (κ1) is 8.92. The SMILES string of the molecule is OCC1(c2c[nH]c3cccc(F)c23)CC1. The van der Waals surface area contributed by atoms with Gasteiger partial charge in [0.25, 0.3) is 0 Å². The molecule has 0 unspecified atom stereocenters. The van der Waals surface area contributed by atoms with Crippen LogP contribution in [0.3, 0.4) is 0 Å². The molecule has 1 aliphatic rings. The lowest BCUT2D eigenvalue weighted by molar-refractivity contribution is 0.255. The lowest BCUT2D eigenvalue weighted by Gasteiger charge is -2.10. The number of aliphatic hydroxyl groups is 1. The Labute approximate surface area is 86.7 Å². The van der Waals surface area contributed by atoms with Gasteiger partial charge in [-0.25, -0.2) is 4.39 Å². The van der Waals surface area contributed by atoms with Crippen molar-refractivity contribution in [3.63, 3.8) is 0 Å². The second-order valence-electron chi connectivity index (χ2n) is 4.30. The lowest BCUT2D eigenvalue weighted by atomic mass is 9.96. The number of nitrogens with one attached hydrogen (secondary N) is 1. The first-order valence-electron chi connectivity index (χ1n) is 5.14. The van der Waals surface area contributed by atoms with Crippen LogP contribution in [0.15, 0.2) is 24.4 Å². The number of benzene rings is 1. The number of H-pyrrole nitrogens is 1. The van der Waals surface area contributed by atoms with Gasteiger partial charge in [0.1, 0.15) is 5.82 Å². The van der Waals surface area contributed by atoms with E-state index in [4.69, 9.17) is 0 Å². The zero-order valence-electron chi connectivity index (χ0n) is 8.26. The second kappa shape index (κ2) is 2.83. The van der Waals surface area contributed by atoms with Crippen molar-refractivity contribution in [3.8, 4) is 0 Å². The van der Waals surface area contributed by atoms with Crippen LogP contribution in [0, 0.1) is 5.82 Å². The molecule has 1 fully saturated rings. The van der Waals surface area contributed by atoms with Gasteiger partial charge in [-0.3, -0.25) is 0 Å². The third-order valence-electron chi connectivity index (χ3n) is 3.38. The molecule has 0 aliphatic heterocycles. The van der Waals surface area contributed by atoms with Crippen molar-refractivity contribution in [1.29, 1.82) is 0 Å². The highest BCUT2D eigenvalue weighted by Crippen LogP contribution is 2.50. The smallest absolute Gasteiger partial charge is 0.132 e. The number of hydrogen-bond acceptors (Lipinski definition) is 1. The van der Waals surface area contributed by atoms with E-state index in [1.165, 1.54) is 6.07 Å². The zero-order chi connectivity index (χ0) is 10.5. The highest BCUT2D eigenvalue weighted by atomic mass is 19.1. The first-order valence-corrected chi connectivity index (χ1v) is 5.14. The molecule has 2 nitrogen and oxygen atoms in total. The van der Waals surface area contributed by atoms with Crippen molar-refractivity contribution in [2.45, 2.75) is 18.3 Å². The number of rotatable bonds is 2. The van der Waals surface area contributed by atoms with Gasteiger partial charge >= 0.3 is 0 Å². The molecule has 3 rings (SSSR count). The van der Waals surface area contributed by atoms with Crippen molar-refractivity contribution < 1.29 is 9.50 Å². The van der Waals surface area contributed by atoms with Crippen molar-refractivity contribution in [3.05, 3.63) is 35.8 Å². The van der Waals surface area contributed by atoms with Crippen molar-refractivity contribution >= 4 is 10.9 Å². The van der Waals surface area contributed by atoms with E-state index in [1.54, 1.807) is 6.07 Å². The Morgan fingerprint density at radius 1 is 1.40 bits per heavy atom. The molecule has 2 N–H and O–H groups in total. The Morgan fingerprint density at radius 3 is 2.87 bits per heavy atom. The number of fused-ring (bicyclic) bond motifs is 1. The summed E-state index contributed by atoms with van der Waals surface area (Å²) in [6.45, 7) is 0.105. The maximum atomic E-state index is 13.7. The molecule has 1 heterocycles. The predicted molar refractivity (Wildman–Crippen MR) is 56.3 cm³/mol. The molecule has 0 spiro atoms. The van der Waals surface area contributed by atoms with E-state index < -0.39 is 0 Å². The number of halogens is 1. The van der Waals surface area contributed by atoms with Gasteiger partial charge in [0, 0.05) is 22.5 Å². The summed E-state index contributed by atoms with van der Waals surface area (Å²) in [5.74, 6) is -0.205. The second-order valence-corrected chi connectivity index (χ2v) is 4.30. The molecule has 0 saturated heterocycles. The quantitative estimate of drug-likeness (QED) is 0.775. The van der Waals surface area contributed by atoms with Crippen LogP contribution in [-0.4, -0.2) is 16.7 Å². The molecule has 0 bridgehead atoms. The summed E-state index contributed by atoms with van der Waals surface area (Å²) in [5.41, 5.74) is 1.56. The van der Waals surface area contributed by atoms with Crippen molar-refractivity contribution in [2.24, 2.45) is 0 Å². The third kappa shape index (κ3) is 1.13. The minimum atomic E-state index is -0.205. The number of aliphatic hydroxyl groups excluding tert-OH is 1. The molecule has 15 heavy (non-hydrogen) atoms. The highest BCUT2D eigenvalue weighted by molar-refractivity contribution is 5.85. The van der Waals surface area contributed by atoms with Gasteiger partial charge in [0.05, 0.1) is 6.61 Å². The predicted octanol–water partition coefficient (Wildman–Crippen LogP) is 2.33. The van der Waals surface area contributed by atoms with Gasteiger partial charge in [-0.1, -0.05) is 6.07 Å². The van der Waals surface area contributed by atoms with Crippen LogP contribution < -0.4 is 0 Å². The molecule has 1 saturated carbocycles. The van der Waals surface area contributed by atoms with Crippen LogP contribution in [0.2, 0.25) is 0 Å². The number of aromatic amines is 1. The van der Waals surface area contributed by atoms with Crippen LogP contribution >= 0.6 is 0 Å². The Bertz CT molecular complexity index is 513. The first-order chi connectivity index (χ1) is 7.27. The third-order valence-corrected chi connectivity index (χ3v) is 3.38. The van der Waals surface area contributed by atoms with Gasteiger partial charge in [-0.15, -0.1) is 0 Å². The minimum absolute atomic E-state index is 0.105. The fourth-order valence-corrected chi connectivity index (χ4v) is 2.22. The summed E-state index contributed by atoms with van der Waals surface area (Å²) in [6.07, 6.45) is 3.73. The van der Waals surface area contributed by atoms with Gasteiger partial charge in [0.2, 0.25) is 0 Å². The Balaban J connectivity index is 2.28.